The van der Waals surface area contributed by atoms with Crippen LogP contribution >= 0.6 is 0 Å². The molecule has 0 radical (unpaired) electrons. The molecule has 2 atom stereocenters. The van der Waals surface area contributed by atoms with E-state index in [2.05, 4.69) is 22.0 Å². The number of hydrogen-bond donors (Lipinski definition) is 1. The van der Waals surface area contributed by atoms with Crippen molar-refractivity contribution in [2.24, 2.45) is 5.92 Å². The molecule has 21 heavy (non-hydrogen) atoms. The van der Waals surface area contributed by atoms with E-state index in [1.807, 2.05) is 0 Å². The maximum atomic E-state index is 3.72. The van der Waals surface area contributed by atoms with Crippen LogP contribution in [0.2, 0.25) is 0 Å². The number of likely N-dealkylation sites (tertiary alicyclic amines) is 2. The van der Waals surface area contributed by atoms with Gasteiger partial charge in [0.25, 0.3) is 0 Å². The highest BCUT2D eigenvalue weighted by Crippen LogP contribution is 2.29. The van der Waals surface area contributed by atoms with Crippen molar-refractivity contribution >= 4 is 0 Å². The van der Waals surface area contributed by atoms with Crippen molar-refractivity contribution in [2.45, 2.75) is 70.4 Å². The zero-order valence-corrected chi connectivity index (χ0v) is 14.0. The third kappa shape index (κ3) is 4.43. The summed E-state index contributed by atoms with van der Waals surface area (Å²) in [6, 6.07) is 1.68. The summed E-state index contributed by atoms with van der Waals surface area (Å²) in [4.78, 5) is 5.52. The largest absolute Gasteiger partial charge is 0.314 e. The Hall–Kier alpha value is -0.120. The monoisotopic (exact) mass is 293 g/mol. The molecule has 0 aromatic rings. The fraction of sp³-hybridized carbons (Fsp3) is 1.00. The average molecular weight is 293 g/mol. The van der Waals surface area contributed by atoms with Gasteiger partial charge in [0, 0.05) is 18.6 Å². The Morgan fingerprint density at radius 1 is 0.952 bits per heavy atom. The summed E-state index contributed by atoms with van der Waals surface area (Å²) in [7, 11) is 0. The molecule has 0 aromatic heterocycles. The van der Waals surface area contributed by atoms with Gasteiger partial charge in [0.15, 0.2) is 0 Å². The molecule has 1 aliphatic carbocycles. The standard InChI is InChI=1S/C18H35N3/c1-2-9-19-17-5-6-18(14-17)21-12-7-16(8-13-21)15-20-10-3-4-11-20/h16-19H,2-15H2,1H3. The van der Waals surface area contributed by atoms with E-state index in [-0.39, 0.29) is 0 Å². The Bertz CT molecular complexity index is 293. The van der Waals surface area contributed by atoms with Crippen LogP contribution in [0, 0.1) is 5.92 Å². The van der Waals surface area contributed by atoms with Crippen LogP contribution in [0.3, 0.4) is 0 Å². The molecule has 0 aromatic carbocycles. The lowest BCUT2D eigenvalue weighted by molar-refractivity contribution is 0.116. The second-order valence-electron chi connectivity index (χ2n) is 7.60. The number of nitrogens with zero attached hydrogens (tertiary/aromatic N) is 2. The highest BCUT2D eigenvalue weighted by atomic mass is 15.2. The third-order valence-corrected chi connectivity index (χ3v) is 5.97. The van der Waals surface area contributed by atoms with Gasteiger partial charge >= 0.3 is 0 Å². The van der Waals surface area contributed by atoms with E-state index in [1.165, 1.54) is 90.6 Å². The first-order valence-corrected chi connectivity index (χ1v) is 9.55. The third-order valence-electron chi connectivity index (χ3n) is 5.97. The van der Waals surface area contributed by atoms with Crippen molar-refractivity contribution in [3.63, 3.8) is 0 Å². The van der Waals surface area contributed by atoms with E-state index in [4.69, 9.17) is 0 Å². The normalized spacial score (nSPS) is 33.0. The van der Waals surface area contributed by atoms with Crippen molar-refractivity contribution in [1.82, 2.24) is 15.1 Å². The molecule has 3 heteroatoms. The smallest absolute Gasteiger partial charge is 0.0111 e. The van der Waals surface area contributed by atoms with Crippen molar-refractivity contribution in [3.8, 4) is 0 Å². The second-order valence-corrected chi connectivity index (χ2v) is 7.60. The second kappa shape index (κ2) is 7.94. The molecular weight excluding hydrogens is 258 g/mol. The van der Waals surface area contributed by atoms with Crippen molar-refractivity contribution in [3.05, 3.63) is 0 Å². The van der Waals surface area contributed by atoms with Gasteiger partial charge in [0.2, 0.25) is 0 Å². The predicted molar refractivity (Wildman–Crippen MR) is 89.7 cm³/mol. The Morgan fingerprint density at radius 2 is 1.71 bits per heavy atom. The van der Waals surface area contributed by atoms with Crippen molar-refractivity contribution in [2.75, 3.05) is 39.3 Å². The van der Waals surface area contributed by atoms with Crippen molar-refractivity contribution in [1.29, 1.82) is 0 Å². The van der Waals surface area contributed by atoms with Gasteiger partial charge in [-0.3, -0.25) is 0 Å². The molecule has 3 fully saturated rings. The van der Waals surface area contributed by atoms with Crippen LogP contribution < -0.4 is 5.32 Å². The first-order chi connectivity index (χ1) is 10.3. The average Bonchev–Trinajstić information content (AvgIpc) is 3.17. The van der Waals surface area contributed by atoms with Gasteiger partial charge in [-0.2, -0.15) is 0 Å². The highest BCUT2D eigenvalue weighted by molar-refractivity contribution is 4.89. The molecule has 0 amide bonds. The summed E-state index contributed by atoms with van der Waals surface area (Å²) in [5, 5.41) is 3.72. The first-order valence-electron chi connectivity index (χ1n) is 9.55. The van der Waals surface area contributed by atoms with Crippen LogP contribution in [-0.2, 0) is 0 Å². The molecule has 0 bridgehead atoms. The quantitative estimate of drug-likeness (QED) is 0.812. The van der Waals surface area contributed by atoms with E-state index in [0.29, 0.717) is 0 Å². The fourth-order valence-corrected chi connectivity index (χ4v) is 4.65. The first kappa shape index (κ1) is 15.8. The molecule has 2 heterocycles. The SMILES string of the molecule is CCCNC1CCC(N2CCC(CN3CCCC3)CC2)C1. The minimum absolute atomic E-state index is 0.803. The van der Waals surface area contributed by atoms with E-state index in [1.54, 1.807) is 0 Å². The van der Waals surface area contributed by atoms with Gasteiger partial charge in [-0.05, 0) is 90.0 Å². The summed E-state index contributed by atoms with van der Waals surface area (Å²) >= 11 is 0. The van der Waals surface area contributed by atoms with Crippen LogP contribution in [0.5, 0.6) is 0 Å². The number of nitrogens with one attached hydrogen (secondary N) is 1. The minimum Gasteiger partial charge on any atom is -0.314 e. The van der Waals surface area contributed by atoms with Gasteiger partial charge in [0.1, 0.15) is 0 Å². The van der Waals surface area contributed by atoms with Gasteiger partial charge in [-0.15, -0.1) is 0 Å². The zero-order chi connectivity index (χ0) is 14.5. The molecule has 3 rings (SSSR count). The molecule has 1 saturated carbocycles. The maximum absolute atomic E-state index is 3.72. The molecule has 0 spiro atoms. The highest BCUT2D eigenvalue weighted by Gasteiger charge is 2.31. The van der Waals surface area contributed by atoms with Crippen LogP contribution in [0.15, 0.2) is 0 Å². The lowest BCUT2D eigenvalue weighted by Crippen LogP contribution is -2.43. The van der Waals surface area contributed by atoms with Gasteiger partial charge in [0.05, 0.1) is 0 Å². The van der Waals surface area contributed by atoms with Crippen LogP contribution in [0.25, 0.3) is 0 Å². The van der Waals surface area contributed by atoms with E-state index < -0.39 is 0 Å². The number of rotatable bonds is 6. The Labute approximate surface area is 131 Å². The summed E-state index contributed by atoms with van der Waals surface area (Å²) in [6.45, 7) is 10.3. The van der Waals surface area contributed by atoms with E-state index in [9.17, 15) is 0 Å². The zero-order valence-electron chi connectivity index (χ0n) is 14.0. The molecule has 2 unspecified atom stereocenters. The molecule has 2 saturated heterocycles. The van der Waals surface area contributed by atoms with Gasteiger partial charge < -0.3 is 15.1 Å². The predicted octanol–water partition coefficient (Wildman–Crippen LogP) is 2.71. The Morgan fingerprint density at radius 3 is 2.43 bits per heavy atom. The minimum atomic E-state index is 0.803. The van der Waals surface area contributed by atoms with Crippen LogP contribution in [0.4, 0.5) is 0 Å². The van der Waals surface area contributed by atoms with E-state index in [0.717, 1.165) is 18.0 Å². The maximum Gasteiger partial charge on any atom is 0.0111 e. The lowest BCUT2D eigenvalue weighted by atomic mass is 9.95. The number of piperidine rings is 1. The van der Waals surface area contributed by atoms with Crippen molar-refractivity contribution < 1.29 is 0 Å². The molecule has 122 valence electrons. The topological polar surface area (TPSA) is 18.5 Å². The van der Waals surface area contributed by atoms with Crippen LogP contribution in [0.1, 0.15) is 58.3 Å². The number of hydrogen-bond acceptors (Lipinski definition) is 3. The lowest BCUT2D eigenvalue weighted by Gasteiger charge is -2.37. The summed E-state index contributed by atoms with van der Waals surface area (Å²) in [5.41, 5.74) is 0. The molecule has 3 nitrogen and oxygen atoms in total. The van der Waals surface area contributed by atoms with Gasteiger partial charge in [-0.1, -0.05) is 6.92 Å². The summed E-state index contributed by atoms with van der Waals surface area (Å²) in [5.74, 6) is 0.981. The fourth-order valence-electron chi connectivity index (χ4n) is 4.65. The molecular formula is C18H35N3. The van der Waals surface area contributed by atoms with E-state index >= 15 is 0 Å². The van der Waals surface area contributed by atoms with Crippen LogP contribution in [-0.4, -0.2) is 61.2 Å². The Kier molecular flexibility index (Phi) is 5.96. The molecule has 3 aliphatic rings. The molecule has 2 aliphatic heterocycles. The van der Waals surface area contributed by atoms with Gasteiger partial charge in [-0.25, -0.2) is 0 Å². The summed E-state index contributed by atoms with van der Waals surface area (Å²) < 4.78 is 0. The molecule has 1 N–H and O–H groups in total. The summed E-state index contributed by atoms with van der Waals surface area (Å²) in [6.07, 6.45) is 11.3. The Balaban J connectivity index is 1.35.